The Hall–Kier alpha value is -2.27. The Labute approximate surface area is 142 Å². The number of hydrogen-bond donors (Lipinski definition) is 1. The molecule has 24 heavy (non-hydrogen) atoms. The van der Waals surface area contributed by atoms with E-state index >= 15 is 0 Å². The lowest BCUT2D eigenvalue weighted by Gasteiger charge is -2.22. The van der Waals surface area contributed by atoms with E-state index < -0.39 is 5.91 Å². The molecule has 1 aliphatic heterocycles. The minimum Gasteiger partial charge on any atom is -0.492 e. The maximum absolute atomic E-state index is 11.5. The van der Waals surface area contributed by atoms with Gasteiger partial charge in [-0.3, -0.25) is 9.69 Å². The largest absolute Gasteiger partial charge is 0.492 e. The van der Waals surface area contributed by atoms with Gasteiger partial charge in [0.15, 0.2) is 5.76 Å². The lowest BCUT2D eigenvalue weighted by atomic mass is 9.90. The Morgan fingerprint density at radius 3 is 2.75 bits per heavy atom. The Balaban J connectivity index is 1.87. The van der Waals surface area contributed by atoms with E-state index in [1.165, 1.54) is 5.56 Å². The van der Waals surface area contributed by atoms with Crippen LogP contribution in [0.3, 0.4) is 0 Å². The number of rotatable bonds is 3. The first-order valence-corrected chi connectivity index (χ1v) is 8.20. The van der Waals surface area contributed by atoms with Crippen LogP contribution in [0.4, 0.5) is 0 Å². The van der Waals surface area contributed by atoms with Gasteiger partial charge in [0, 0.05) is 36.2 Å². The van der Waals surface area contributed by atoms with E-state index in [1.807, 2.05) is 18.2 Å². The lowest BCUT2D eigenvalue weighted by Crippen LogP contribution is -2.26. The molecule has 5 nitrogen and oxygen atoms in total. The Morgan fingerprint density at radius 2 is 2.04 bits per heavy atom. The molecule has 0 bridgehead atoms. The molecular weight excluding hydrogens is 304 g/mol. The molecule has 0 unspecified atom stereocenters. The van der Waals surface area contributed by atoms with E-state index in [0.717, 1.165) is 30.2 Å². The molecule has 2 aromatic rings. The highest BCUT2D eigenvalue weighted by molar-refractivity contribution is 5.90. The van der Waals surface area contributed by atoms with Crippen LogP contribution in [0.25, 0.3) is 0 Å². The van der Waals surface area contributed by atoms with Crippen molar-refractivity contribution in [1.29, 1.82) is 0 Å². The second-order valence-corrected chi connectivity index (χ2v) is 7.25. The molecule has 2 N–H and O–H groups in total. The topological polar surface area (TPSA) is 68.7 Å². The van der Waals surface area contributed by atoms with Crippen LogP contribution in [0.2, 0.25) is 0 Å². The number of ether oxygens (including phenoxy) is 1. The van der Waals surface area contributed by atoms with E-state index in [-0.39, 0.29) is 11.2 Å². The molecule has 1 aliphatic rings. The molecule has 5 heteroatoms. The van der Waals surface area contributed by atoms with Crippen molar-refractivity contribution < 1.29 is 13.9 Å². The lowest BCUT2D eigenvalue weighted by molar-refractivity contribution is 0.0970. The molecule has 0 radical (unpaired) electrons. The minimum atomic E-state index is -0.531. The second kappa shape index (κ2) is 6.32. The molecule has 0 fully saturated rings. The average molecular weight is 328 g/mol. The third kappa shape index (κ3) is 3.46. The first kappa shape index (κ1) is 16.6. The number of benzene rings is 1. The highest BCUT2D eigenvalue weighted by atomic mass is 16.5. The van der Waals surface area contributed by atoms with Crippen LogP contribution in [-0.4, -0.2) is 24.0 Å². The van der Waals surface area contributed by atoms with E-state index in [2.05, 4.69) is 31.7 Å². The second-order valence-electron chi connectivity index (χ2n) is 7.25. The maximum Gasteiger partial charge on any atom is 0.284 e. The van der Waals surface area contributed by atoms with Crippen molar-refractivity contribution in [3.63, 3.8) is 0 Å². The van der Waals surface area contributed by atoms with Gasteiger partial charge in [0.1, 0.15) is 18.1 Å². The van der Waals surface area contributed by atoms with Crippen LogP contribution in [0, 0.1) is 0 Å². The Bertz CT molecular complexity index is 743. The van der Waals surface area contributed by atoms with Crippen molar-refractivity contribution in [3.8, 4) is 5.75 Å². The zero-order chi connectivity index (χ0) is 17.3. The Kier molecular flexibility index (Phi) is 4.37. The van der Waals surface area contributed by atoms with Crippen LogP contribution in [0.1, 0.15) is 48.2 Å². The van der Waals surface area contributed by atoms with Gasteiger partial charge in [0.05, 0.1) is 0 Å². The number of hydrogen-bond acceptors (Lipinski definition) is 4. The number of carbonyl (C=O) groups excluding carboxylic acids is 1. The number of para-hydroxylation sites is 1. The number of furan rings is 1. The summed E-state index contributed by atoms with van der Waals surface area (Å²) in [6.45, 7) is 9.17. The number of nitrogens with zero attached hydrogens (tertiary/aromatic N) is 1. The number of nitrogens with two attached hydrogens (primary N) is 1. The van der Waals surface area contributed by atoms with E-state index in [9.17, 15) is 4.79 Å². The highest BCUT2D eigenvalue weighted by Gasteiger charge is 2.27. The summed E-state index contributed by atoms with van der Waals surface area (Å²) >= 11 is 0. The molecule has 1 amide bonds. The molecule has 0 saturated carbocycles. The molecule has 0 atom stereocenters. The van der Waals surface area contributed by atoms with Gasteiger partial charge in [-0.25, -0.2) is 0 Å². The van der Waals surface area contributed by atoms with Gasteiger partial charge in [-0.05, 0) is 12.1 Å². The molecule has 0 saturated heterocycles. The fourth-order valence-corrected chi connectivity index (χ4v) is 3.06. The standard InChI is InChI=1S/C19H24N2O3/c1-19(2,3)17-14(10-16(24-17)18(20)22)12-21-8-9-23-15-7-5-4-6-13(15)11-21/h4-7,10H,8-9,11-12H2,1-3H3,(H2,20,22). The van der Waals surface area contributed by atoms with Crippen LogP contribution in [-0.2, 0) is 18.5 Å². The first-order valence-electron chi connectivity index (χ1n) is 8.20. The SMILES string of the molecule is CC(C)(C)c1oc(C(N)=O)cc1CN1CCOc2ccccc2C1. The van der Waals surface area contributed by atoms with Crippen LogP contribution >= 0.6 is 0 Å². The number of carbonyl (C=O) groups is 1. The van der Waals surface area contributed by atoms with Crippen molar-refractivity contribution >= 4 is 5.91 Å². The molecule has 1 aromatic heterocycles. The summed E-state index contributed by atoms with van der Waals surface area (Å²) in [6, 6.07) is 9.88. The first-order chi connectivity index (χ1) is 11.3. The molecule has 0 aliphatic carbocycles. The number of fused-ring (bicyclic) bond motifs is 1. The molecular formula is C19H24N2O3. The predicted molar refractivity (Wildman–Crippen MR) is 92.0 cm³/mol. The zero-order valence-electron chi connectivity index (χ0n) is 14.5. The summed E-state index contributed by atoms with van der Waals surface area (Å²) in [5.41, 5.74) is 7.39. The van der Waals surface area contributed by atoms with Crippen molar-refractivity contribution in [1.82, 2.24) is 4.90 Å². The van der Waals surface area contributed by atoms with Crippen LogP contribution < -0.4 is 10.5 Å². The summed E-state index contributed by atoms with van der Waals surface area (Å²) in [4.78, 5) is 13.8. The summed E-state index contributed by atoms with van der Waals surface area (Å²) in [5, 5.41) is 0. The number of primary amides is 1. The van der Waals surface area contributed by atoms with E-state index in [4.69, 9.17) is 14.9 Å². The van der Waals surface area contributed by atoms with Crippen LogP contribution in [0.15, 0.2) is 34.7 Å². The van der Waals surface area contributed by atoms with Crippen molar-refractivity contribution in [3.05, 3.63) is 53.0 Å². The third-order valence-corrected chi connectivity index (χ3v) is 4.16. The van der Waals surface area contributed by atoms with E-state index in [1.54, 1.807) is 6.07 Å². The third-order valence-electron chi connectivity index (χ3n) is 4.16. The molecule has 0 spiro atoms. The van der Waals surface area contributed by atoms with Gasteiger partial charge in [-0.15, -0.1) is 0 Å². The normalized spacial score (nSPS) is 15.5. The predicted octanol–water partition coefficient (Wildman–Crippen LogP) is 3.07. The van der Waals surface area contributed by atoms with Crippen molar-refractivity contribution in [2.45, 2.75) is 39.3 Å². The van der Waals surface area contributed by atoms with Crippen molar-refractivity contribution in [2.24, 2.45) is 5.73 Å². The van der Waals surface area contributed by atoms with Gasteiger partial charge in [-0.1, -0.05) is 39.0 Å². The quantitative estimate of drug-likeness (QED) is 0.940. The van der Waals surface area contributed by atoms with E-state index in [0.29, 0.717) is 13.2 Å². The zero-order valence-corrected chi connectivity index (χ0v) is 14.5. The van der Waals surface area contributed by atoms with Gasteiger partial charge in [-0.2, -0.15) is 0 Å². The summed E-state index contributed by atoms with van der Waals surface area (Å²) < 4.78 is 11.6. The van der Waals surface area contributed by atoms with Gasteiger partial charge in [0.2, 0.25) is 0 Å². The minimum absolute atomic E-state index is 0.191. The Morgan fingerprint density at radius 1 is 1.29 bits per heavy atom. The van der Waals surface area contributed by atoms with Crippen molar-refractivity contribution in [2.75, 3.05) is 13.2 Å². The van der Waals surface area contributed by atoms with Crippen LogP contribution in [0.5, 0.6) is 5.75 Å². The summed E-state index contributed by atoms with van der Waals surface area (Å²) in [6.07, 6.45) is 0. The fourth-order valence-electron chi connectivity index (χ4n) is 3.06. The molecule has 128 valence electrons. The highest BCUT2D eigenvalue weighted by Crippen LogP contribution is 2.31. The number of amides is 1. The van der Waals surface area contributed by atoms with Gasteiger partial charge in [0.25, 0.3) is 5.91 Å². The molecule has 3 rings (SSSR count). The molecule has 1 aromatic carbocycles. The summed E-state index contributed by atoms with van der Waals surface area (Å²) in [5.74, 6) is 1.45. The van der Waals surface area contributed by atoms with Gasteiger partial charge < -0.3 is 14.9 Å². The average Bonchev–Trinajstić information content (AvgIpc) is 2.83. The smallest absolute Gasteiger partial charge is 0.284 e. The molecule has 2 heterocycles. The monoisotopic (exact) mass is 328 g/mol. The fraction of sp³-hybridized carbons (Fsp3) is 0.421. The maximum atomic E-state index is 11.5. The van der Waals surface area contributed by atoms with Gasteiger partial charge >= 0.3 is 0 Å². The summed E-state index contributed by atoms with van der Waals surface area (Å²) in [7, 11) is 0.